The number of unbranched alkanes of at least 4 members (excludes halogenated alkanes) is 5. The van der Waals surface area contributed by atoms with Gasteiger partial charge in [0.25, 0.3) is 0 Å². The van der Waals surface area contributed by atoms with Crippen LogP contribution in [0, 0.1) is 0 Å². The molecule has 144 valence electrons. The van der Waals surface area contributed by atoms with Crippen molar-refractivity contribution in [3.63, 3.8) is 0 Å². The van der Waals surface area contributed by atoms with Gasteiger partial charge in [-0.05, 0) is 38.5 Å². The lowest BCUT2D eigenvalue weighted by atomic mass is 10.0. The average molecular weight is 363 g/mol. The number of carbonyl (C=O) groups is 1. The molecule has 0 rings (SSSR count). The summed E-state index contributed by atoms with van der Waals surface area (Å²) in [5.41, 5.74) is 0. The summed E-state index contributed by atoms with van der Waals surface area (Å²) in [5, 5.41) is 28.2. The van der Waals surface area contributed by atoms with Crippen molar-refractivity contribution >= 4 is 17.7 Å². The van der Waals surface area contributed by atoms with Crippen molar-refractivity contribution in [2.45, 2.75) is 102 Å². The molecule has 5 heteroatoms. The van der Waals surface area contributed by atoms with Crippen LogP contribution >= 0.6 is 11.8 Å². The molecule has 0 aromatic heterocycles. The molecule has 24 heavy (non-hydrogen) atoms. The van der Waals surface area contributed by atoms with Gasteiger partial charge in [-0.1, -0.05) is 45.4 Å². The van der Waals surface area contributed by atoms with Crippen LogP contribution in [0.25, 0.3) is 0 Å². The van der Waals surface area contributed by atoms with E-state index in [1.165, 1.54) is 12.8 Å². The van der Waals surface area contributed by atoms with Crippen LogP contribution in [-0.2, 0) is 4.79 Å². The number of hydrogen-bond donors (Lipinski definition) is 3. The first kappa shape index (κ1) is 23.7. The zero-order chi connectivity index (χ0) is 18.0. The molecule has 0 saturated carbocycles. The third kappa shape index (κ3) is 16.6. The molecule has 4 nitrogen and oxygen atoms in total. The topological polar surface area (TPSA) is 77.8 Å². The van der Waals surface area contributed by atoms with Crippen LogP contribution in [0.2, 0.25) is 0 Å². The molecule has 0 aliphatic heterocycles. The van der Waals surface area contributed by atoms with Crippen LogP contribution in [0.3, 0.4) is 0 Å². The van der Waals surface area contributed by atoms with E-state index in [1.807, 2.05) is 11.8 Å². The van der Waals surface area contributed by atoms with Crippen LogP contribution in [0.15, 0.2) is 0 Å². The summed E-state index contributed by atoms with van der Waals surface area (Å²) in [6.07, 6.45) is 12.7. The van der Waals surface area contributed by atoms with E-state index in [9.17, 15) is 9.90 Å². The Morgan fingerprint density at radius 2 is 1.54 bits per heavy atom. The van der Waals surface area contributed by atoms with Crippen LogP contribution in [0.4, 0.5) is 0 Å². The second-order valence-corrected chi connectivity index (χ2v) is 8.05. The van der Waals surface area contributed by atoms with Gasteiger partial charge < -0.3 is 15.3 Å². The SMILES string of the molecule is CCCCC[C@@H](O)CCC[C@H](CCCCCCC(=O)O)SCCO. The average Bonchev–Trinajstić information content (AvgIpc) is 2.55. The monoisotopic (exact) mass is 362 g/mol. The summed E-state index contributed by atoms with van der Waals surface area (Å²) < 4.78 is 0. The maximum atomic E-state index is 10.5. The predicted molar refractivity (Wildman–Crippen MR) is 103 cm³/mol. The number of thioether (sulfide) groups is 1. The van der Waals surface area contributed by atoms with E-state index in [-0.39, 0.29) is 19.1 Å². The lowest BCUT2D eigenvalue weighted by molar-refractivity contribution is -0.137. The molecule has 3 N–H and O–H groups in total. The Bertz CT molecular complexity index is 287. The Morgan fingerprint density at radius 3 is 2.21 bits per heavy atom. The number of aliphatic hydroxyl groups excluding tert-OH is 2. The van der Waals surface area contributed by atoms with Crippen molar-refractivity contribution in [2.24, 2.45) is 0 Å². The summed E-state index contributed by atoms with van der Waals surface area (Å²) in [6.45, 7) is 2.40. The Balaban J connectivity index is 3.77. The second-order valence-electron chi connectivity index (χ2n) is 6.64. The fraction of sp³-hybridized carbons (Fsp3) is 0.947. The van der Waals surface area contributed by atoms with Gasteiger partial charge in [-0.25, -0.2) is 0 Å². The van der Waals surface area contributed by atoms with E-state index >= 15 is 0 Å². The molecule has 0 spiro atoms. The highest BCUT2D eigenvalue weighted by Crippen LogP contribution is 2.24. The normalized spacial score (nSPS) is 13.8. The minimum Gasteiger partial charge on any atom is -0.481 e. The first-order valence-corrected chi connectivity index (χ1v) is 10.8. The van der Waals surface area contributed by atoms with Gasteiger partial charge in [0.2, 0.25) is 0 Å². The van der Waals surface area contributed by atoms with E-state index in [1.54, 1.807) is 0 Å². The van der Waals surface area contributed by atoms with E-state index in [0.29, 0.717) is 5.25 Å². The highest BCUT2D eigenvalue weighted by Gasteiger charge is 2.11. The van der Waals surface area contributed by atoms with Crippen LogP contribution in [0.1, 0.15) is 90.4 Å². The lowest BCUT2D eigenvalue weighted by Crippen LogP contribution is -2.10. The predicted octanol–water partition coefficient (Wildman–Crippen LogP) is 4.62. The summed E-state index contributed by atoms with van der Waals surface area (Å²) in [7, 11) is 0. The van der Waals surface area contributed by atoms with E-state index in [4.69, 9.17) is 10.2 Å². The van der Waals surface area contributed by atoms with Gasteiger partial charge in [0.1, 0.15) is 0 Å². The molecule has 2 atom stereocenters. The van der Waals surface area contributed by atoms with E-state index in [2.05, 4.69) is 6.92 Å². The van der Waals surface area contributed by atoms with E-state index in [0.717, 1.165) is 70.0 Å². The third-order valence-electron chi connectivity index (χ3n) is 4.32. The Morgan fingerprint density at radius 1 is 0.917 bits per heavy atom. The molecular weight excluding hydrogens is 324 g/mol. The van der Waals surface area contributed by atoms with Gasteiger partial charge in [-0.3, -0.25) is 4.79 Å². The van der Waals surface area contributed by atoms with Crippen molar-refractivity contribution in [2.75, 3.05) is 12.4 Å². The molecule has 0 amide bonds. The number of hydrogen-bond acceptors (Lipinski definition) is 4. The van der Waals surface area contributed by atoms with Crippen molar-refractivity contribution < 1.29 is 20.1 Å². The van der Waals surface area contributed by atoms with Gasteiger partial charge in [-0.2, -0.15) is 11.8 Å². The molecule has 0 fully saturated rings. The summed E-state index contributed by atoms with van der Waals surface area (Å²) in [6, 6.07) is 0. The van der Waals surface area contributed by atoms with Gasteiger partial charge in [0, 0.05) is 17.4 Å². The maximum absolute atomic E-state index is 10.5. The maximum Gasteiger partial charge on any atom is 0.303 e. The number of aliphatic hydroxyl groups is 2. The van der Waals surface area contributed by atoms with Crippen LogP contribution in [-0.4, -0.2) is 45.0 Å². The molecule has 0 heterocycles. The van der Waals surface area contributed by atoms with E-state index < -0.39 is 5.97 Å². The molecule has 0 aliphatic rings. The summed E-state index contributed by atoms with van der Waals surface area (Å²) in [4.78, 5) is 10.5. The molecule has 0 aliphatic carbocycles. The molecule has 0 bridgehead atoms. The minimum atomic E-state index is -0.705. The first-order valence-electron chi connectivity index (χ1n) is 9.72. The minimum absolute atomic E-state index is 0.156. The molecule has 0 saturated heterocycles. The fourth-order valence-electron chi connectivity index (χ4n) is 2.89. The third-order valence-corrected chi connectivity index (χ3v) is 5.68. The highest BCUT2D eigenvalue weighted by molar-refractivity contribution is 7.99. The van der Waals surface area contributed by atoms with Gasteiger partial charge in [0.05, 0.1) is 12.7 Å². The first-order chi connectivity index (χ1) is 11.6. The Hall–Kier alpha value is -0.260. The Labute approximate surface area is 152 Å². The standard InChI is InChI=1S/C19H38O4S/c1-2-3-6-10-17(21)11-9-13-18(24-16-15-20)12-7-4-5-8-14-19(22)23/h17-18,20-21H,2-16H2,1H3,(H,22,23)/t17-,18+/m1/s1. The number of carboxylic acid groups (broad SMARTS) is 1. The molecule has 0 aromatic carbocycles. The zero-order valence-electron chi connectivity index (χ0n) is 15.4. The quantitative estimate of drug-likeness (QED) is 0.310. The molecule has 0 unspecified atom stereocenters. The lowest BCUT2D eigenvalue weighted by Gasteiger charge is -2.17. The van der Waals surface area contributed by atoms with Crippen LogP contribution < -0.4 is 0 Å². The van der Waals surface area contributed by atoms with Gasteiger partial charge in [-0.15, -0.1) is 0 Å². The largest absolute Gasteiger partial charge is 0.481 e. The van der Waals surface area contributed by atoms with Crippen LogP contribution in [0.5, 0.6) is 0 Å². The Kier molecular flexibility index (Phi) is 17.4. The number of carboxylic acids is 1. The smallest absolute Gasteiger partial charge is 0.303 e. The zero-order valence-corrected chi connectivity index (χ0v) is 16.2. The highest BCUT2D eigenvalue weighted by atomic mass is 32.2. The number of rotatable bonds is 18. The van der Waals surface area contributed by atoms with Gasteiger partial charge >= 0.3 is 5.97 Å². The molecular formula is C19H38O4S. The molecule has 0 aromatic rings. The summed E-state index contributed by atoms with van der Waals surface area (Å²) >= 11 is 1.84. The second kappa shape index (κ2) is 17.6. The van der Waals surface area contributed by atoms with Crippen molar-refractivity contribution in [3.05, 3.63) is 0 Å². The van der Waals surface area contributed by atoms with Crippen molar-refractivity contribution in [1.82, 2.24) is 0 Å². The fourth-order valence-corrected chi connectivity index (χ4v) is 3.99. The van der Waals surface area contributed by atoms with Gasteiger partial charge in [0.15, 0.2) is 0 Å². The number of aliphatic carboxylic acids is 1. The van der Waals surface area contributed by atoms with Crippen molar-refractivity contribution in [3.8, 4) is 0 Å². The van der Waals surface area contributed by atoms with Crippen molar-refractivity contribution in [1.29, 1.82) is 0 Å². The summed E-state index contributed by atoms with van der Waals surface area (Å²) in [5.74, 6) is 0.0757. The molecule has 0 radical (unpaired) electrons.